The molecule has 4 rings (SSSR count). The number of benzene rings is 1. The molecule has 2 amide bonds. The fourth-order valence-corrected chi connectivity index (χ4v) is 3.05. The summed E-state index contributed by atoms with van der Waals surface area (Å²) in [7, 11) is 1.57. The van der Waals surface area contributed by atoms with E-state index >= 15 is 0 Å². The average molecular weight is 324 g/mol. The van der Waals surface area contributed by atoms with E-state index in [1.54, 1.807) is 28.9 Å². The zero-order chi connectivity index (χ0) is 16.7. The van der Waals surface area contributed by atoms with Crippen molar-refractivity contribution in [2.75, 3.05) is 13.6 Å². The van der Waals surface area contributed by atoms with Gasteiger partial charge in [0.1, 0.15) is 11.6 Å². The van der Waals surface area contributed by atoms with Crippen molar-refractivity contribution in [3.63, 3.8) is 0 Å². The van der Waals surface area contributed by atoms with Gasteiger partial charge in [0, 0.05) is 18.6 Å². The molecule has 1 aliphatic heterocycles. The van der Waals surface area contributed by atoms with Crippen LogP contribution in [0.25, 0.3) is 11.0 Å². The van der Waals surface area contributed by atoms with Crippen LogP contribution in [0.1, 0.15) is 22.3 Å². The third kappa shape index (κ3) is 2.25. The van der Waals surface area contributed by atoms with Gasteiger partial charge >= 0.3 is 0 Å². The highest BCUT2D eigenvalue weighted by molar-refractivity contribution is 5.96. The second-order valence-electron chi connectivity index (χ2n) is 5.73. The highest BCUT2D eigenvalue weighted by Crippen LogP contribution is 2.25. The predicted octanol–water partition coefficient (Wildman–Crippen LogP) is 1.57. The lowest BCUT2D eigenvalue weighted by molar-refractivity contribution is -0.125. The van der Waals surface area contributed by atoms with Gasteiger partial charge in [-0.2, -0.15) is 5.10 Å². The van der Waals surface area contributed by atoms with E-state index < -0.39 is 6.04 Å². The maximum atomic E-state index is 12.8. The van der Waals surface area contributed by atoms with Crippen molar-refractivity contribution >= 4 is 22.8 Å². The number of rotatable bonds is 2. The maximum absolute atomic E-state index is 12.8. The lowest BCUT2D eigenvalue weighted by atomic mass is 10.1. The molecule has 3 aromatic rings. The Kier molecular flexibility index (Phi) is 3.34. The number of furan rings is 1. The molecule has 0 bridgehead atoms. The minimum atomic E-state index is -0.540. The first-order valence-corrected chi connectivity index (χ1v) is 7.69. The van der Waals surface area contributed by atoms with Crippen LogP contribution in [0.4, 0.5) is 0 Å². The van der Waals surface area contributed by atoms with Crippen LogP contribution in [0.3, 0.4) is 0 Å². The first-order valence-electron chi connectivity index (χ1n) is 7.69. The number of fused-ring (bicyclic) bond motifs is 2. The number of aromatic nitrogens is 2. The molecule has 0 spiro atoms. The third-order valence-electron chi connectivity index (χ3n) is 4.27. The van der Waals surface area contributed by atoms with E-state index in [0.717, 1.165) is 11.1 Å². The molecule has 0 radical (unpaired) electrons. The molecule has 0 saturated heterocycles. The topological polar surface area (TPSA) is 80.4 Å². The van der Waals surface area contributed by atoms with Crippen molar-refractivity contribution in [1.82, 2.24) is 20.0 Å². The van der Waals surface area contributed by atoms with Gasteiger partial charge in [0.15, 0.2) is 5.76 Å². The number of nitrogens with zero attached hydrogens (tertiary/aromatic N) is 3. The molecule has 24 heavy (non-hydrogen) atoms. The molecule has 1 atom stereocenters. The van der Waals surface area contributed by atoms with Crippen molar-refractivity contribution < 1.29 is 14.0 Å². The fraction of sp³-hybridized carbons (Fsp3) is 0.235. The summed E-state index contributed by atoms with van der Waals surface area (Å²) in [4.78, 5) is 26.6. The molecule has 0 fully saturated rings. The number of carbonyl (C=O) groups is 2. The van der Waals surface area contributed by atoms with Crippen molar-refractivity contribution in [3.8, 4) is 0 Å². The standard InChI is InChI=1S/C17H16N4O3/c1-18-16(22)13-10-20(9-12-6-7-19-21(12)13)17(23)15-8-11-4-2-3-5-14(11)24-15/h2-8,13H,9-10H2,1H3,(H,18,22)/t13-/m0/s1. The monoisotopic (exact) mass is 324 g/mol. The highest BCUT2D eigenvalue weighted by Gasteiger charge is 2.33. The Morgan fingerprint density at radius 3 is 2.92 bits per heavy atom. The van der Waals surface area contributed by atoms with Crippen LogP contribution in [-0.4, -0.2) is 40.1 Å². The summed E-state index contributed by atoms with van der Waals surface area (Å²) < 4.78 is 7.33. The Morgan fingerprint density at radius 1 is 1.29 bits per heavy atom. The Balaban J connectivity index is 1.66. The summed E-state index contributed by atoms with van der Waals surface area (Å²) in [5, 5.41) is 7.71. The van der Waals surface area contributed by atoms with E-state index in [-0.39, 0.29) is 24.1 Å². The normalized spacial score (nSPS) is 16.9. The number of likely N-dealkylation sites (N-methyl/N-ethyl adjacent to an activating group) is 1. The Hall–Kier alpha value is -3.09. The Morgan fingerprint density at radius 2 is 2.12 bits per heavy atom. The molecule has 1 aromatic carbocycles. The number of carbonyl (C=O) groups excluding carboxylic acids is 2. The van der Waals surface area contributed by atoms with Crippen LogP contribution in [0.2, 0.25) is 0 Å². The minimum absolute atomic E-state index is 0.179. The van der Waals surface area contributed by atoms with Crippen LogP contribution < -0.4 is 5.32 Å². The maximum Gasteiger partial charge on any atom is 0.290 e. The quantitative estimate of drug-likeness (QED) is 0.776. The van der Waals surface area contributed by atoms with Gasteiger partial charge in [-0.05, 0) is 18.2 Å². The van der Waals surface area contributed by atoms with E-state index in [0.29, 0.717) is 12.1 Å². The second kappa shape index (κ2) is 5.52. The molecule has 122 valence electrons. The molecule has 7 heteroatoms. The third-order valence-corrected chi connectivity index (χ3v) is 4.27. The van der Waals surface area contributed by atoms with Gasteiger partial charge < -0.3 is 14.6 Å². The fourth-order valence-electron chi connectivity index (χ4n) is 3.05. The van der Waals surface area contributed by atoms with Crippen LogP contribution in [0.5, 0.6) is 0 Å². The first kappa shape index (κ1) is 14.5. The first-order chi connectivity index (χ1) is 11.7. The van der Waals surface area contributed by atoms with Crippen LogP contribution in [0.15, 0.2) is 47.0 Å². The molecule has 1 aliphatic rings. The zero-order valence-corrected chi connectivity index (χ0v) is 13.1. The number of nitrogens with one attached hydrogen (secondary N) is 1. The van der Waals surface area contributed by atoms with Gasteiger partial charge in [-0.15, -0.1) is 0 Å². The Bertz CT molecular complexity index is 894. The highest BCUT2D eigenvalue weighted by atomic mass is 16.3. The van der Waals surface area contributed by atoms with Crippen molar-refractivity contribution in [3.05, 3.63) is 54.0 Å². The van der Waals surface area contributed by atoms with Gasteiger partial charge in [-0.1, -0.05) is 18.2 Å². The van der Waals surface area contributed by atoms with Gasteiger partial charge in [0.25, 0.3) is 5.91 Å². The van der Waals surface area contributed by atoms with Gasteiger partial charge in [0.05, 0.1) is 18.8 Å². The largest absolute Gasteiger partial charge is 0.451 e. The van der Waals surface area contributed by atoms with Crippen LogP contribution in [-0.2, 0) is 11.3 Å². The van der Waals surface area contributed by atoms with E-state index in [9.17, 15) is 9.59 Å². The smallest absolute Gasteiger partial charge is 0.290 e. The number of hydrogen-bond acceptors (Lipinski definition) is 4. The predicted molar refractivity (Wildman–Crippen MR) is 86.3 cm³/mol. The van der Waals surface area contributed by atoms with Crippen molar-refractivity contribution in [2.45, 2.75) is 12.6 Å². The summed E-state index contributed by atoms with van der Waals surface area (Å²) in [6.07, 6.45) is 1.64. The molecule has 2 aromatic heterocycles. The molecule has 0 unspecified atom stereocenters. The van der Waals surface area contributed by atoms with E-state index in [1.807, 2.05) is 30.3 Å². The Labute approximate surface area is 137 Å². The lowest BCUT2D eigenvalue weighted by Gasteiger charge is -2.32. The SMILES string of the molecule is CNC(=O)[C@@H]1CN(C(=O)c2cc3ccccc3o2)Cc2ccnn21. The molecular formula is C17H16N4O3. The van der Waals surface area contributed by atoms with Gasteiger partial charge in [-0.25, -0.2) is 0 Å². The van der Waals surface area contributed by atoms with Gasteiger partial charge in [0.2, 0.25) is 5.91 Å². The van der Waals surface area contributed by atoms with E-state index in [4.69, 9.17) is 4.42 Å². The van der Waals surface area contributed by atoms with Crippen LogP contribution >= 0.6 is 0 Å². The van der Waals surface area contributed by atoms with Gasteiger partial charge in [-0.3, -0.25) is 14.3 Å². The molecule has 7 nitrogen and oxygen atoms in total. The summed E-state index contributed by atoms with van der Waals surface area (Å²) in [5.41, 5.74) is 1.49. The summed E-state index contributed by atoms with van der Waals surface area (Å²) in [5.74, 6) is -0.130. The summed E-state index contributed by atoms with van der Waals surface area (Å²) in [6, 6.07) is 10.5. The average Bonchev–Trinajstić information content (AvgIpc) is 3.25. The second-order valence-corrected chi connectivity index (χ2v) is 5.73. The minimum Gasteiger partial charge on any atom is -0.451 e. The molecule has 0 saturated carbocycles. The molecule has 3 heterocycles. The van der Waals surface area contributed by atoms with E-state index in [1.165, 1.54) is 0 Å². The van der Waals surface area contributed by atoms with Crippen LogP contribution in [0, 0.1) is 0 Å². The van der Waals surface area contributed by atoms with Crippen molar-refractivity contribution in [1.29, 1.82) is 0 Å². The lowest BCUT2D eigenvalue weighted by Crippen LogP contribution is -2.46. The summed E-state index contributed by atoms with van der Waals surface area (Å²) in [6.45, 7) is 0.646. The van der Waals surface area contributed by atoms with E-state index in [2.05, 4.69) is 10.4 Å². The molecular weight excluding hydrogens is 308 g/mol. The number of para-hydroxylation sites is 1. The zero-order valence-electron chi connectivity index (χ0n) is 13.1. The number of amides is 2. The number of hydrogen-bond donors (Lipinski definition) is 1. The molecule has 0 aliphatic carbocycles. The summed E-state index contributed by atoms with van der Waals surface area (Å²) >= 11 is 0. The van der Waals surface area contributed by atoms with Crippen molar-refractivity contribution in [2.24, 2.45) is 0 Å². The molecule has 1 N–H and O–H groups in total.